The van der Waals surface area contributed by atoms with Crippen molar-refractivity contribution in [2.24, 2.45) is 5.92 Å². The Morgan fingerprint density at radius 1 is 1.30 bits per heavy atom. The average Bonchev–Trinajstić information content (AvgIpc) is 2.82. The van der Waals surface area contributed by atoms with Crippen LogP contribution in [0.25, 0.3) is 0 Å². The Bertz CT molecular complexity index is 512. The SMILES string of the molecule is Cc1ccc2c(c1)C(NC1CCCC(C(=O)O)C1)CC2. The van der Waals surface area contributed by atoms with Crippen molar-refractivity contribution in [1.29, 1.82) is 0 Å². The summed E-state index contributed by atoms with van der Waals surface area (Å²) in [7, 11) is 0. The molecule has 0 saturated heterocycles. The Balaban J connectivity index is 1.68. The van der Waals surface area contributed by atoms with E-state index in [0.29, 0.717) is 12.1 Å². The molecule has 0 bridgehead atoms. The van der Waals surface area contributed by atoms with Crippen LogP contribution < -0.4 is 5.32 Å². The molecule has 1 aromatic rings. The smallest absolute Gasteiger partial charge is 0.306 e. The van der Waals surface area contributed by atoms with Gasteiger partial charge in [0.05, 0.1) is 5.92 Å². The summed E-state index contributed by atoms with van der Waals surface area (Å²) in [5.41, 5.74) is 4.20. The van der Waals surface area contributed by atoms with Crippen LogP contribution in [0.1, 0.15) is 54.8 Å². The third-order valence-corrected chi connectivity index (χ3v) is 4.84. The van der Waals surface area contributed by atoms with E-state index in [1.807, 2.05) is 0 Å². The number of carboxylic acid groups (broad SMARTS) is 1. The van der Waals surface area contributed by atoms with Gasteiger partial charge in [0.2, 0.25) is 0 Å². The van der Waals surface area contributed by atoms with Crippen molar-refractivity contribution in [3.63, 3.8) is 0 Å². The lowest BCUT2D eigenvalue weighted by Gasteiger charge is -2.30. The van der Waals surface area contributed by atoms with Crippen molar-refractivity contribution in [2.75, 3.05) is 0 Å². The Labute approximate surface area is 120 Å². The minimum atomic E-state index is -0.626. The molecule has 2 aliphatic carbocycles. The fourth-order valence-corrected chi connectivity index (χ4v) is 3.74. The number of fused-ring (bicyclic) bond motifs is 1. The van der Waals surface area contributed by atoms with Gasteiger partial charge >= 0.3 is 5.97 Å². The van der Waals surface area contributed by atoms with Crippen molar-refractivity contribution >= 4 is 5.97 Å². The maximum absolute atomic E-state index is 11.2. The molecule has 2 N–H and O–H groups in total. The van der Waals surface area contributed by atoms with Gasteiger partial charge in [-0.2, -0.15) is 0 Å². The first-order chi connectivity index (χ1) is 9.63. The van der Waals surface area contributed by atoms with E-state index in [1.54, 1.807) is 0 Å². The van der Waals surface area contributed by atoms with E-state index in [1.165, 1.54) is 16.7 Å². The molecule has 0 aliphatic heterocycles. The highest BCUT2D eigenvalue weighted by atomic mass is 16.4. The number of rotatable bonds is 3. The fourth-order valence-electron chi connectivity index (χ4n) is 3.74. The van der Waals surface area contributed by atoms with Gasteiger partial charge in [-0.1, -0.05) is 30.2 Å². The number of aryl methyl sites for hydroxylation is 2. The van der Waals surface area contributed by atoms with E-state index in [2.05, 4.69) is 30.4 Å². The second kappa shape index (κ2) is 5.57. The molecule has 3 atom stereocenters. The van der Waals surface area contributed by atoms with Crippen LogP contribution in [0.4, 0.5) is 0 Å². The molecule has 108 valence electrons. The summed E-state index contributed by atoms with van der Waals surface area (Å²) in [6.07, 6.45) is 6.06. The largest absolute Gasteiger partial charge is 0.481 e. The molecule has 2 aliphatic rings. The molecule has 1 fully saturated rings. The first-order valence-electron chi connectivity index (χ1n) is 7.72. The number of carboxylic acids is 1. The second-order valence-electron chi connectivity index (χ2n) is 6.36. The van der Waals surface area contributed by atoms with E-state index in [4.69, 9.17) is 0 Å². The summed E-state index contributed by atoms with van der Waals surface area (Å²) in [6.45, 7) is 2.14. The molecular formula is C17H23NO2. The molecule has 0 amide bonds. The van der Waals surface area contributed by atoms with E-state index >= 15 is 0 Å². The lowest BCUT2D eigenvalue weighted by Crippen LogP contribution is -2.38. The number of hydrogen-bond acceptors (Lipinski definition) is 2. The van der Waals surface area contributed by atoms with E-state index < -0.39 is 5.97 Å². The standard InChI is InChI=1S/C17H23NO2/c1-11-5-6-12-7-8-16(15(12)9-11)18-14-4-2-3-13(10-14)17(19)20/h5-6,9,13-14,16,18H,2-4,7-8,10H2,1H3,(H,19,20). The lowest BCUT2D eigenvalue weighted by atomic mass is 9.85. The number of hydrogen-bond donors (Lipinski definition) is 2. The zero-order valence-corrected chi connectivity index (χ0v) is 12.1. The first kappa shape index (κ1) is 13.6. The fraction of sp³-hybridized carbons (Fsp3) is 0.588. The molecule has 1 aromatic carbocycles. The second-order valence-corrected chi connectivity index (χ2v) is 6.36. The molecule has 0 spiro atoms. The number of carbonyl (C=O) groups is 1. The highest BCUT2D eigenvalue weighted by molar-refractivity contribution is 5.70. The molecule has 3 nitrogen and oxygen atoms in total. The van der Waals surface area contributed by atoms with Crippen molar-refractivity contribution < 1.29 is 9.90 Å². The minimum absolute atomic E-state index is 0.153. The van der Waals surface area contributed by atoms with Gasteiger partial charge < -0.3 is 10.4 Å². The molecule has 0 radical (unpaired) electrons. The summed E-state index contributed by atoms with van der Waals surface area (Å²) < 4.78 is 0. The summed E-state index contributed by atoms with van der Waals surface area (Å²) in [6, 6.07) is 7.50. The minimum Gasteiger partial charge on any atom is -0.481 e. The van der Waals surface area contributed by atoms with Gasteiger partial charge in [-0.3, -0.25) is 4.79 Å². The van der Waals surface area contributed by atoms with Crippen LogP contribution in [0.15, 0.2) is 18.2 Å². The summed E-state index contributed by atoms with van der Waals surface area (Å²) in [5, 5.41) is 12.9. The lowest BCUT2D eigenvalue weighted by molar-refractivity contribution is -0.143. The molecule has 0 heterocycles. The van der Waals surface area contributed by atoms with Crippen molar-refractivity contribution in [3.8, 4) is 0 Å². The van der Waals surface area contributed by atoms with Gasteiger partial charge in [0, 0.05) is 12.1 Å². The van der Waals surface area contributed by atoms with Crippen LogP contribution in [0, 0.1) is 12.8 Å². The third kappa shape index (κ3) is 2.73. The third-order valence-electron chi connectivity index (χ3n) is 4.84. The summed E-state index contributed by atoms with van der Waals surface area (Å²) in [4.78, 5) is 11.2. The quantitative estimate of drug-likeness (QED) is 0.889. The predicted molar refractivity (Wildman–Crippen MR) is 78.8 cm³/mol. The Hall–Kier alpha value is -1.35. The summed E-state index contributed by atoms with van der Waals surface area (Å²) in [5.74, 6) is -0.779. The number of aliphatic carboxylic acids is 1. The van der Waals surface area contributed by atoms with Crippen LogP contribution in [-0.4, -0.2) is 17.1 Å². The number of nitrogens with one attached hydrogen (secondary N) is 1. The normalized spacial score (nSPS) is 29.1. The maximum atomic E-state index is 11.2. The highest BCUT2D eigenvalue weighted by Gasteiger charge is 2.30. The van der Waals surface area contributed by atoms with E-state index in [-0.39, 0.29) is 5.92 Å². The van der Waals surface area contributed by atoms with Gasteiger partial charge in [-0.25, -0.2) is 0 Å². The molecule has 3 unspecified atom stereocenters. The van der Waals surface area contributed by atoms with Crippen LogP contribution >= 0.6 is 0 Å². The maximum Gasteiger partial charge on any atom is 0.306 e. The molecule has 20 heavy (non-hydrogen) atoms. The van der Waals surface area contributed by atoms with Crippen LogP contribution in [0.3, 0.4) is 0 Å². The highest BCUT2D eigenvalue weighted by Crippen LogP contribution is 2.34. The van der Waals surface area contributed by atoms with E-state index in [9.17, 15) is 9.90 Å². The predicted octanol–water partition coefficient (Wildman–Crippen LogP) is 3.22. The van der Waals surface area contributed by atoms with Gasteiger partial charge in [-0.15, -0.1) is 0 Å². The van der Waals surface area contributed by atoms with Crippen molar-refractivity contribution in [3.05, 3.63) is 34.9 Å². The Kier molecular flexibility index (Phi) is 3.79. The average molecular weight is 273 g/mol. The number of benzene rings is 1. The molecule has 3 rings (SSSR count). The zero-order chi connectivity index (χ0) is 14.1. The van der Waals surface area contributed by atoms with Crippen LogP contribution in [0.2, 0.25) is 0 Å². The molecule has 0 aromatic heterocycles. The van der Waals surface area contributed by atoms with Gasteiger partial charge in [0.15, 0.2) is 0 Å². The van der Waals surface area contributed by atoms with E-state index in [0.717, 1.165) is 38.5 Å². The Morgan fingerprint density at radius 2 is 2.15 bits per heavy atom. The van der Waals surface area contributed by atoms with Crippen LogP contribution in [-0.2, 0) is 11.2 Å². The molecule has 1 saturated carbocycles. The first-order valence-corrected chi connectivity index (χ1v) is 7.72. The molecule has 3 heteroatoms. The van der Waals surface area contributed by atoms with Gasteiger partial charge in [0.25, 0.3) is 0 Å². The van der Waals surface area contributed by atoms with Crippen LogP contribution in [0.5, 0.6) is 0 Å². The topological polar surface area (TPSA) is 49.3 Å². The van der Waals surface area contributed by atoms with Crippen molar-refractivity contribution in [1.82, 2.24) is 5.32 Å². The Morgan fingerprint density at radius 3 is 2.95 bits per heavy atom. The molecular weight excluding hydrogens is 250 g/mol. The zero-order valence-electron chi connectivity index (χ0n) is 12.1. The van der Waals surface area contributed by atoms with Crippen molar-refractivity contribution in [2.45, 2.75) is 57.5 Å². The van der Waals surface area contributed by atoms with Gasteiger partial charge in [0.1, 0.15) is 0 Å². The summed E-state index contributed by atoms with van der Waals surface area (Å²) >= 11 is 0. The monoisotopic (exact) mass is 273 g/mol. The van der Waals surface area contributed by atoms with Gasteiger partial charge in [-0.05, 0) is 50.2 Å².